The van der Waals surface area contributed by atoms with Crippen LogP contribution in [0.1, 0.15) is 226 Å². The molecule has 67 heavy (non-hydrogen) atoms. The molecule has 0 aliphatic heterocycles. The molecule has 0 rings (SSSR count). The van der Waals surface area contributed by atoms with Gasteiger partial charge < -0.3 is 14.2 Å². The minimum atomic E-state index is -0.839. The molecule has 0 fully saturated rings. The molecular weight excluding hydrogens is 829 g/mol. The van der Waals surface area contributed by atoms with E-state index >= 15 is 0 Å². The van der Waals surface area contributed by atoms with Crippen LogP contribution in [0.5, 0.6) is 0 Å². The zero-order valence-electron chi connectivity index (χ0n) is 43.1. The number of allylic oxidation sites excluding steroid dienone is 20. The van der Waals surface area contributed by atoms with Crippen molar-refractivity contribution in [3.63, 3.8) is 0 Å². The highest BCUT2D eigenvalue weighted by atomic mass is 16.6. The van der Waals surface area contributed by atoms with Gasteiger partial charge in [0, 0.05) is 19.3 Å². The average Bonchev–Trinajstić information content (AvgIpc) is 3.33. The lowest BCUT2D eigenvalue weighted by molar-refractivity contribution is -0.166. The van der Waals surface area contributed by atoms with Crippen molar-refractivity contribution in [3.05, 3.63) is 122 Å². The molecule has 0 amide bonds. The topological polar surface area (TPSA) is 78.9 Å². The molecule has 0 radical (unpaired) electrons. The van der Waals surface area contributed by atoms with Crippen molar-refractivity contribution in [1.82, 2.24) is 0 Å². The highest BCUT2D eigenvalue weighted by Gasteiger charge is 2.19. The number of rotatable bonds is 47. The van der Waals surface area contributed by atoms with Gasteiger partial charge in [0.05, 0.1) is 0 Å². The fourth-order valence-electron chi connectivity index (χ4n) is 6.88. The van der Waals surface area contributed by atoms with Gasteiger partial charge in [-0.15, -0.1) is 0 Å². The van der Waals surface area contributed by atoms with Crippen LogP contribution in [-0.2, 0) is 28.6 Å². The van der Waals surface area contributed by atoms with E-state index in [4.69, 9.17) is 14.2 Å². The van der Waals surface area contributed by atoms with Crippen LogP contribution in [0.2, 0.25) is 0 Å². The second-order valence-corrected chi connectivity index (χ2v) is 17.4. The van der Waals surface area contributed by atoms with Crippen LogP contribution in [-0.4, -0.2) is 37.2 Å². The maximum atomic E-state index is 12.8. The number of ether oxygens (including phenoxy) is 3. The van der Waals surface area contributed by atoms with Gasteiger partial charge in [0.1, 0.15) is 13.2 Å². The highest BCUT2D eigenvalue weighted by molar-refractivity contribution is 5.71. The van der Waals surface area contributed by atoms with Gasteiger partial charge in [0.15, 0.2) is 6.10 Å². The summed E-state index contributed by atoms with van der Waals surface area (Å²) in [6, 6.07) is 0. The molecule has 0 spiro atoms. The van der Waals surface area contributed by atoms with Gasteiger partial charge in [0.25, 0.3) is 0 Å². The standard InChI is InChI=1S/C61H98O6/c1-4-7-10-13-16-19-22-25-28-29-30-31-34-37-40-43-46-49-52-55-61(64)67-58(56-65-59(62)53-50-47-44-41-38-35-32-26-23-20-17-14-11-8-5-2)57-66-60(63)54-51-48-45-42-39-36-33-27-24-21-18-15-12-9-6-3/h7,10,16-17,19-21,24-26,28,30-32,37-38,40-41,46,49,58H,4-6,8-9,11-15,18,22-23,27,29,33-36,39,42-45,47-48,50-57H2,1-3H3/b10-7-,19-16-,20-17-,24-21-,28-25-,31-30-,32-26-,40-37-,41-38-,49-46-/t58-/m1/s1. The quantitative estimate of drug-likeness (QED) is 0.0262. The Balaban J connectivity index is 4.59. The molecule has 0 aliphatic carbocycles. The van der Waals surface area contributed by atoms with Crippen LogP contribution >= 0.6 is 0 Å². The monoisotopic (exact) mass is 927 g/mol. The Labute approximate surface area is 412 Å². The fourth-order valence-corrected chi connectivity index (χ4v) is 6.88. The van der Waals surface area contributed by atoms with E-state index in [2.05, 4.69) is 130 Å². The molecule has 378 valence electrons. The number of unbranched alkanes of at least 4 members (excludes halogenated alkanes) is 16. The number of hydrogen-bond acceptors (Lipinski definition) is 6. The summed E-state index contributed by atoms with van der Waals surface area (Å²) in [6.07, 6.45) is 74.8. The number of esters is 3. The summed E-state index contributed by atoms with van der Waals surface area (Å²) >= 11 is 0. The zero-order valence-corrected chi connectivity index (χ0v) is 43.1. The van der Waals surface area contributed by atoms with Gasteiger partial charge in [-0.25, -0.2) is 0 Å². The minimum absolute atomic E-state index is 0.126. The van der Waals surface area contributed by atoms with Gasteiger partial charge in [-0.05, 0) is 122 Å². The van der Waals surface area contributed by atoms with Crippen LogP contribution < -0.4 is 0 Å². The first-order valence-electron chi connectivity index (χ1n) is 27.0. The van der Waals surface area contributed by atoms with E-state index in [0.717, 1.165) is 83.5 Å². The Morgan fingerprint density at radius 2 is 0.612 bits per heavy atom. The molecule has 0 heterocycles. The lowest BCUT2D eigenvalue weighted by Gasteiger charge is -2.18. The largest absolute Gasteiger partial charge is 0.462 e. The molecule has 6 nitrogen and oxygen atoms in total. The van der Waals surface area contributed by atoms with Gasteiger partial charge in [-0.2, -0.15) is 0 Å². The second kappa shape index (κ2) is 54.4. The van der Waals surface area contributed by atoms with E-state index in [-0.39, 0.29) is 38.0 Å². The maximum Gasteiger partial charge on any atom is 0.306 e. The molecular formula is C61H98O6. The van der Waals surface area contributed by atoms with Crippen LogP contribution in [0.25, 0.3) is 0 Å². The first kappa shape index (κ1) is 62.8. The van der Waals surface area contributed by atoms with Crippen LogP contribution in [0, 0.1) is 0 Å². The third-order valence-electron chi connectivity index (χ3n) is 10.9. The third kappa shape index (κ3) is 52.6. The lowest BCUT2D eigenvalue weighted by Crippen LogP contribution is -2.30. The zero-order chi connectivity index (χ0) is 48.6. The molecule has 0 bridgehead atoms. The molecule has 0 saturated heterocycles. The normalized spacial score (nSPS) is 13.1. The van der Waals surface area contributed by atoms with E-state index in [9.17, 15) is 14.4 Å². The van der Waals surface area contributed by atoms with Crippen molar-refractivity contribution in [2.45, 2.75) is 232 Å². The fraction of sp³-hybridized carbons (Fsp3) is 0.623. The highest BCUT2D eigenvalue weighted by Crippen LogP contribution is 2.12. The van der Waals surface area contributed by atoms with E-state index in [1.807, 2.05) is 12.2 Å². The third-order valence-corrected chi connectivity index (χ3v) is 10.9. The van der Waals surface area contributed by atoms with Gasteiger partial charge in [0.2, 0.25) is 0 Å². The first-order valence-corrected chi connectivity index (χ1v) is 27.0. The summed E-state index contributed by atoms with van der Waals surface area (Å²) < 4.78 is 16.7. The molecule has 0 unspecified atom stereocenters. The summed E-state index contributed by atoms with van der Waals surface area (Å²) in [7, 11) is 0. The van der Waals surface area contributed by atoms with Gasteiger partial charge >= 0.3 is 17.9 Å². The number of carbonyl (C=O) groups excluding carboxylic acids is 3. The van der Waals surface area contributed by atoms with Crippen molar-refractivity contribution < 1.29 is 28.6 Å². The van der Waals surface area contributed by atoms with Gasteiger partial charge in [-0.3, -0.25) is 14.4 Å². The van der Waals surface area contributed by atoms with Crippen molar-refractivity contribution in [2.24, 2.45) is 0 Å². The Kier molecular flexibility index (Phi) is 51.0. The molecule has 0 saturated carbocycles. The lowest BCUT2D eigenvalue weighted by atomic mass is 10.1. The number of carbonyl (C=O) groups is 3. The van der Waals surface area contributed by atoms with Gasteiger partial charge in [-0.1, -0.05) is 206 Å². The summed E-state index contributed by atoms with van der Waals surface area (Å²) in [6.45, 7) is 6.37. The average molecular weight is 927 g/mol. The van der Waals surface area contributed by atoms with E-state index in [1.54, 1.807) is 0 Å². The summed E-state index contributed by atoms with van der Waals surface area (Å²) in [5, 5.41) is 0. The van der Waals surface area contributed by atoms with E-state index in [1.165, 1.54) is 89.9 Å². The van der Waals surface area contributed by atoms with Crippen LogP contribution in [0.4, 0.5) is 0 Å². The maximum absolute atomic E-state index is 12.8. The van der Waals surface area contributed by atoms with E-state index in [0.29, 0.717) is 19.3 Å². The summed E-state index contributed by atoms with van der Waals surface area (Å²) in [5.74, 6) is -1.06. The molecule has 0 N–H and O–H groups in total. The Bertz CT molecular complexity index is 1440. The van der Waals surface area contributed by atoms with Crippen molar-refractivity contribution >= 4 is 17.9 Å². The van der Waals surface area contributed by atoms with Crippen molar-refractivity contribution in [1.29, 1.82) is 0 Å². The SMILES string of the molecule is CC/C=C\C/C=C\C/C=C\C/C=C\C/C=C\C/C=C\CCC(=O)O[C@H](COC(=O)CCCC/C=C\C/C=C\C/C=C\CCCCC)COC(=O)CCCCCCCCC/C=C\CCCCCC. The molecule has 6 heteroatoms. The molecule has 0 aromatic heterocycles. The first-order chi connectivity index (χ1) is 33.0. The predicted octanol–water partition coefficient (Wildman–Crippen LogP) is 18.1. The van der Waals surface area contributed by atoms with Crippen LogP contribution in [0.3, 0.4) is 0 Å². The smallest absolute Gasteiger partial charge is 0.306 e. The van der Waals surface area contributed by atoms with Crippen LogP contribution in [0.15, 0.2) is 122 Å². The molecule has 0 aromatic rings. The summed E-state index contributed by atoms with van der Waals surface area (Å²) in [4.78, 5) is 38.0. The molecule has 1 atom stereocenters. The molecule has 0 aliphatic rings. The minimum Gasteiger partial charge on any atom is -0.462 e. The Hall–Kier alpha value is -4.19. The Morgan fingerprint density at radius 3 is 1.04 bits per heavy atom. The number of hydrogen-bond donors (Lipinski definition) is 0. The molecule has 0 aromatic carbocycles. The van der Waals surface area contributed by atoms with E-state index < -0.39 is 12.1 Å². The Morgan fingerprint density at radius 1 is 0.313 bits per heavy atom. The summed E-state index contributed by atoms with van der Waals surface area (Å²) in [5.41, 5.74) is 0. The van der Waals surface area contributed by atoms with Crippen molar-refractivity contribution in [3.8, 4) is 0 Å². The van der Waals surface area contributed by atoms with Crippen molar-refractivity contribution in [2.75, 3.05) is 13.2 Å². The second-order valence-electron chi connectivity index (χ2n) is 17.4. The predicted molar refractivity (Wildman–Crippen MR) is 288 cm³/mol.